The number of hydrogen-bond donors (Lipinski definition) is 2. The molecule has 1 heterocycles. The molecule has 0 bridgehead atoms. The van der Waals surface area contributed by atoms with Crippen molar-refractivity contribution in [3.63, 3.8) is 0 Å². The van der Waals surface area contributed by atoms with Crippen molar-refractivity contribution in [2.45, 2.75) is 51.6 Å². The minimum Gasteiger partial charge on any atom is -0.481 e. The van der Waals surface area contributed by atoms with Gasteiger partial charge >= 0.3 is 5.97 Å². The molecule has 4 heteroatoms. The van der Waals surface area contributed by atoms with Gasteiger partial charge in [0.15, 0.2) is 0 Å². The molecule has 0 aromatic heterocycles. The van der Waals surface area contributed by atoms with E-state index in [0.29, 0.717) is 12.8 Å². The molecule has 1 aliphatic rings. The number of hydroxylamine groups is 2. The third-order valence-electron chi connectivity index (χ3n) is 2.99. The SMILES string of the molecule is CC1(C)CC(C(=O)O)CC(C)(C)N1O. The number of rotatable bonds is 1. The second-order valence-electron chi connectivity index (χ2n) is 5.38. The molecule has 1 saturated heterocycles. The van der Waals surface area contributed by atoms with Gasteiger partial charge in [-0.05, 0) is 40.5 Å². The van der Waals surface area contributed by atoms with Crippen LogP contribution in [0.2, 0.25) is 0 Å². The van der Waals surface area contributed by atoms with Gasteiger partial charge in [-0.3, -0.25) is 4.79 Å². The topological polar surface area (TPSA) is 60.8 Å². The Balaban J connectivity index is 2.91. The first kappa shape index (κ1) is 11.5. The fourth-order valence-electron chi connectivity index (χ4n) is 2.45. The normalized spacial score (nSPS) is 27.5. The Bertz CT molecular complexity index is 230. The summed E-state index contributed by atoms with van der Waals surface area (Å²) < 4.78 is 0. The lowest BCUT2D eigenvalue weighted by molar-refractivity contribution is -0.251. The summed E-state index contributed by atoms with van der Waals surface area (Å²) in [5.41, 5.74) is -0.935. The Hall–Kier alpha value is -0.610. The fraction of sp³-hybridized carbons (Fsp3) is 0.900. The molecule has 82 valence electrons. The van der Waals surface area contributed by atoms with Crippen LogP contribution < -0.4 is 0 Å². The molecule has 0 aliphatic carbocycles. The van der Waals surface area contributed by atoms with Crippen molar-refractivity contribution in [2.24, 2.45) is 5.92 Å². The van der Waals surface area contributed by atoms with E-state index in [2.05, 4.69) is 0 Å². The minimum absolute atomic E-state index is 0.358. The molecule has 0 amide bonds. The molecular formula is C10H19NO3. The number of carbonyl (C=O) groups is 1. The summed E-state index contributed by atoms with van der Waals surface area (Å²) in [7, 11) is 0. The van der Waals surface area contributed by atoms with Gasteiger partial charge in [0, 0.05) is 11.1 Å². The second-order valence-corrected chi connectivity index (χ2v) is 5.38. The van der Waals surface area contributed by atoms with Crippen LogP contribution in [0.15, 0.2) is 0 Å². The zero-order chi connectivity index (χ0) is 11.1. The molecule has 1 fully saturated rings. The number of carboxylic acids is 1. The molecule has 2 N–H and O–H groups in total. The molecule has 0 aromatic carbocycles. The Morgan fingerprint density at radius 1 is 1.21 bits per heavy atom. The van der Waals surface area contributed by atoms with E-state index in [4.69, 9.17) is 5.11 Å². The molecule has 1 rings (SSSR count). The van der Waals surface area contributed by atoms with Crippen LogP contribution in [0, 0.1) is 5.92 Å². The van der Waals surface area contributed by atoms with Crippen molar-refractivity contribution in [1.82, 2.24) is 5.06 Å². The summed E-state index contributed by atoms with van der Waals surface area (Å²) in [5, 5.41) is 20.2. The van der Waals surface area contributed by atoms with Crippen LogP contribution in [0.5, 0.6) is 0 Å². The summed E-state index contributed by atoms with van der Waals surface area (Å²) in [6, 6.07) is 0. The van der Waals surface area contributed by atoms with Crippen molar-refractivity contribution in [2.75, 3.05) is 0 Å². The Morgan fingerprint density at radius 2 is 1.57 bits per heavy atom. The second kappa shape index (κ2) is 3.21. The number of aliphatic carboxylic acids is 1. The molecule has 0 spiro atoms. The van der Waals surface area contributed by atoms with Crippen molar-refractivity contribution >= 4 is 5.97 Å². The van der Waals surface area contributed by atoms with Gasteiger partial charge in [0.1, 0.15) is 0 Å². The summed E-state index contributed by atoms with van der Waals surface area (Å²) in [5.74, 6) is -1.12. The quantitative estimate of drug-likeness (QED) is 0.678. The van der Waals surface area contributed by atoms with Gasteiger partial charge in [0.05, 0.1) is 5.92 Å². The maximum atomic E-state index is 10.9. The van der Waals surface area contributed by atoms with Crippen LogP contribution in [0.25, 0.3) is 0 Å². The maximum Gasteiger partial charge on any atom is 0.306 e. The molecule has 1 aliphatic heterocycles. The highest BCUT2D eigenvalue weighted by atomic mass is 16.5. The van der Waals surface area contributed by atoms with Gasteiger partial charge in [-0.25, -0.2) is 0 Å². The van der Waals surface area contributed by atoms with Gasteiger partial charge in [0.25, 0.3) is 0 Å². The third kappa shape index (κ3) is 1.91. The number of hydrogen-bond acceptors (Lipinski definition) is 3. The van der Waals surface area contributed by atoms with Gasteiger partial charge in [-0.1, -0.05) is 0 Å². The Morgan fingerprint density at radius 3 is 1.86 bits per heavy atom. The average molecular weight is 201 g/mol. The maximum absolute atomic E-state index is 10.9. The smallest absolute Gasteiger partial charge is 0.306 e. The van der Waals surface area contributed by atoms with Crippen molar-refractivity contribution in [3.05, 3.63) is 0 Å². The highest BCUT2D eigenvalue weighted by molar-refractivity contribution is 5.70. The predicted molar refractivity (Wildman–Crippen MR) is 52.1 cm³/mol. The van der Waals surface area contributed by atoms with Crippen molar-refractivity contribution < 1.29 is 15.1 Å². The Labute approximate surface area is 84.5 Å². The van der Waals surface area contributed by atoms with E-state index in [1.165, 1.54) is 5.06 Å². The van der Waals surface area contributed by atoms with Gasteiger partial charge in [-0.15, -0.1) is 0 Å². The molecule has 0 saturated carbocycles. The lowest BCUT2D eigenvalue weighted by Gasteiger charge is -2.50. The molecule has 0 unspecified atom stereocenters. The van der Waals surface area contributed by atoms with E-state index < -0.39 is 17.0 Å². The lowest BCUT2D eigenvalue weighted by Crippen LogP contribution is -2.59. The lowest BCUT2D eigenvalue weighted by atomic mass is 9.75. The molecule has 0 atom stereocenters. The monoisotopic (exact) mass is 201 g/mol. The first-order valence-corrected chi connectivity index (χ1v) is 4.89. The summed E-state index contributed by atoms with van der Waals surface area (Å²) in [6.45, 7) is 7.46. The van der Waals surface area contributed by atoms with E-state index in [-0.39, 0.29) is 5.92 Å². The third-order valence-corrected chi connectivity index (χ3v) is 2.99. The Kier molecular flexibility index (Phi) is 2.63. The van der Waals surface area contributed by atoms with Crippen LogP contribution in [-0.2, 0) is 4.79 Å². The molecule has 0 aromatic rings. The van der Waals surface area contributed by atoms with Gasteiger partial charge in [-0.2, -0.15) is 5.06 Å². The standard InChI is InChI=1S/C10H19NO3/c1-9(2)5-7(8(12)13)6-10(3,4)11(9)14/h7,14H,5-6H2,1-4H3,(H,12,13). The summed E-state index contributed by atoms with van der Waals surface area (Å²) >= 11 is 0. The minimum atomic E-state index is -0.765. The van der Waals surface area contributed by atoms with E-state index >= 15 is 0 Å². The molecular weight excluding hydrogens is 182 g/mol. The number of carboxylic acid groups (broad SMARTS) is 1. The van der Waals surface area contributed by atoms with Gasteiger partial charge < -0.3 is 10.3 Å². The van der Waals surface area contributed by atoms with E-state index in [1.54, 1.807) is 0 Å². The van der Waals surface area contributed by atoms with Crippen LogP contribution in [0.3, 0.4) is 0 Å². The largest absolute Gasteiger partial charge is 0.481 e. The summed E-state index contributed by atoms with van der Waals surface area (Å²) in [6.07, 6.45) is 0.977. The average Bonchev–Trinajstić information content (AvgIpc) is 1.98. The number of nitrogens with zero attached hydrogens (tertiary/aromatic N) is 1. The van der Waals surface area contributed by atoms with Crippen molar-refractivity contribution in [1.29, 1.82) is 0 Å². The zero-order valence-corrected chi connectivity index (χ0v) is 9.24. The predicted octanol–water partition coefficient (Wildman–Crippen LogP) is 1.73. The van der Waals surface area contributed by atoms with E-state index in [1.807, 2.05) is 27.7 Å². The molecule has 14 heavy (non-hydrogen) atoms. The van der Waals surface area contributed by atoms with E-state index in [0.717, 1.165) is 0 Å². The first-order chi connectivity index (χ1) is 6.17. The first-order valence-electron chi connectivity index (χ1n) is 4.89. The highest BCUT2D eigenvalue weighted by Gasteiger charge is 2.47. The fourth-order valence-corrected chi connectivity index (χ4v) is 2.45. The van der Waals surface area contributed by atoms with Crippen LogP contribution in [0.1, 0.15) is 40.5 Å². The zero-order valence-electron chi connectivity index (χ0n) is 9.24. The molecule has 0 radical (unpaired) electrons. The van der Waals surface area contributed by atoms with Crippen LogP contribution in [-0.4, -0.2) is 32.4 Å². The van der Waals surface area contributed by atoms with Crippen LogP contribution >= 0.6 is 0 Å². The number of piperidine rings is 1. The van der Waals surface area contributed by atoms with Crippen molar-refractivity contribution in [3.8, 4) is 0 Å². The molecule has 4 nitrogen and oxygen atoms in total. The van der Waals surface area contributed by atoms with Crippen LogP contribution in [0.4, 0.5) is 0 Å². The van der Waals surface area contributed by atoms with Gasteiger partial charge in [0.2, 0.25) is 0 Å². The summed E-state index contributed by atoms with van der Waals surface area (Å²) in [4.78, 5) is 10.9. The highest BCUT2D eigenvalue weighted by Crippen LogP contribution is 2.39. The van der Waals surface area contributed by atoms with E-state index in [9.17, 15) is 10.0 Å².